The van der Waals surface area contributed by atoms with Crippen molar-refractivity contribution in [2.24, 2.45) is 0 Å². The molecule has 1 amide bonds. The van der Waals surface area contributed by atoms with E-state index >= 15 is 0 Å². The normalized spacial score (nSPS) is 21.0. The van der Waals surface area contributed by atoms with Crippen LogP contribution in [0.4, 0.5) is 4.39 Å². The van der Waals surface area contributed by atoms with Gasteiger partial charge in [-0.1, -0.05) is 0 Å². The van der Waals surface area contributed by atoms with E-state index in [1.54, 1.807) is 10.4 Å². The number of rotatable bonds is 4. The van der Waals surface area contributed by atoms with Crippen molar-refractivity contribution in [2.45, 2.75) is 31.8 Å². The van der Waals surface area contributed by atoms with Gasteiger partial charge in [0.05, 0.1) is 11.2 Å². The van der Waals surface area contributed by atoms with Crippen molar-refractivity contribution in [3.8, 4) is 5.75 Å². The lowest BCUT2D eigenvalue weighted by Crippen LogP contribution is -2.38. The number of thiazole rings is 1. The van der Waals surface area contributed by atoms with E-state index in [9.17, 15) is 14.3 Å². The highest BCUT2D eigenvalue weighted by molar-refractivity contribution is 7.11. The number of amides is 1. The second kappa shape index (κ2) is 7.49. The summed E-state index contributed by atoms with van der Waals surface area (Å²) in [7, 11) is 0. The van der Waals surface area contributed by atoms with Gasteiger partial charge in [-0.15, -0.1) is 11.3 Å². The van der Waals surface area contributed by atoms with Crippen LogP contribution in [0.15, 0.2) is 29.8 Å². The van der Waals surface area contributed by atoms with Crippen molar-refractivity contribution in [3.63, 3.8) is 0 Å². The molecule has 3 rings (SSSR count). The van der Waals surface area contributed by atoms with Gasteiger partial charge >= 0.3 is 0 Å². The van der Waals surface area contributed by atoms with Gasteiger partial charge in [-0.3, -0.25) is 4.79 Å². The highest BCUT2D eigenvalue weighted by Gasteiger charge is 2.33. The first-order chi connectivity index (χ1) is 12.0. The van der Waals surface area contributed by atoms with Crippen LogP contribution in [0.3, 0.4) is 0 Å². The zero-order chi connectivity index (χ0) is 17.9. The van der Waals surface area contributed by atoms with Crippen molar-refractivity contribution >= 4 is 17.2 Å². The highest BCUT2D eigenvalue weighted by Crippen LogP contribution is 2.26. The van der Waals surface area contributed by atoms with Gasteiger partial charge in [0, 0.05) is 13.1 Å². The topological polar surface area (TPSA) is 62.7 Å². The fourth-order valence-electron chi connectivity index (χ4n) is 2.93. The number of ether oxygens (including phenoxy) is 1. The standard InChI is InChI=1S/C18H21FN2O3S/c1-13-16(25-12-20-13)17(22)21-9-2-7-18(23,8-10-21)11-24-15-5-3-14(19)4-6-15/h3-6,12,23H,2,7-11H2,1H3. The van der Waals surface area contributed by atoms with Gasteiger partial charge in [0.1, 0.15) is 28.7 Å². The fraction of sp³-hybridized carbons (Fsp3) is 0.444. The Hall–Kier alpha value is -1.99. The van der Waals surface area contributed by atoms with Crippen molar-refractivity contribution in [1.29, 1.82) is 0 Å². The van der Waals surface area contributed by atoms with Gasteiger partial charge < -0.3 is 14.7 Å². The molecule has 0 radical (unpaired) electrons. The van der Waals surface area contributed by atoms with Crippen LogP contribution in [0, 0.1) is 12.7 Å². The van der Waals surface area contributed by atoms with Gasteiger partial charge in [-0.05, 0) is 50.5 Å². The molecule has 1 fully saturated rings. The summed E-state index contributed by atoms with van der Waals surface area (Å²) in [5.74, 6) is 0.170. The largest absolute Gasteiger partial charge is 0.491 e. The molecule has 1 aliphatic heterocycles. The number of carbonyl (C=O) groups is 1. The predicted molar refractivity (Wildman–Crippen MR) is 93.5 cm³/mol. The molecule has 1 aliphatic rings. The Balaban J connectivity index is 1.59. The number of aryl methyl sites for hydroxylation is 1. The molecule has 1 aromatic carbocycles. The summed E-state index contributed by atoms with van der Waals surface area (Å²) in [6.07, 6.45) is 1.70. The first kappa shape index (κ1) is 17.8. The Morgan fingerprint density at radius 1 is 1.36 bits per heavy atom. The molecule has 1 atom stereocenters. The SMILES string of the molecule is Cc1ncsc1C(=O)N1CCCC(O)(COc2ccc(F)cc2)CC1. The number of nitrogens with zero attached hydrogens (tertiary/aromatic N) is 2. The number of aromatic nitrogens is 1. The second-order valence-corrected chi connectivity index (χ2v) is 7.23. The third-order valence-corrected chi connectivity index (χ3v) is 5.38. The third-order valence-electron chi connectivity index (χ3n) is 4.47. The first-order valence-corrected chi connectivity index (χ1v) is 9.15. The van der Waals surface area contributed by atoms with Gasteiger partial charge in [0.25, 0.3) is 5.91 Å². The first-order valence-electron chi connectivity index (χ1n) is 8.27. The van der Waals surface area contributed by atoms with Gasteiger partial charge in [-0.2, -0.15) is 0 Å². The molecule has 134 valence electrons. The van der Waals surface area contributed by atoms with E-state index in [0.717, 1.165) is 5.69 Å². The minimum Gasteiger partial charge on any atom is -0.491 e. The molecule has 1 N–H and O–H groups in total. The quantitative estimate of drug-likeness (QED) is 0.906. The van der Waals surface area contributed by atoms with E-state index in [1.807, 2.05) is 6.92 Å². The predicted octanol–water partition coefficient (Wildman–Crippen LogP) is 3.03. The molecule has 0 saturated carbocycles. The van der Waals surface area contributed by atoms with Crippen LogP contribution >= 0.6 is 11.3 Å². The van der Waals surface area contributed by atoms with E-state index in [1.165, 1.54) is 35.6 Å². The summed E-state index contributed by atoms with van der Waals surface area (Å²) in [5, 5.41) is 10.8. The average Bonchev–Trinajstić information content (AvgIpc) is 2.93. The molecule has 1 unspecified atom stereocenters. The molecule has 5 nitrogen and oxygen atoms in total. The minimum atomic E-state index is -0.994. The van der Waals surface area contributed by atoms with E-state index in [2.05, 4.69) is 4.98 Å². The number of hydrogen-bond acceptors (Lipinski definition) is 5. The van der Waals surface area contributed by atoms with E-state index in [-0.39, 0.29) is 18.3 Å². The van der Waals surface area contributed by atoms with Crippen LogP contribution in [0.25, 0.3) is 0 Å². The monoisotopic (exact) mass is 364 g/mol. The molecule has 0 spiro atoms. The fourth-order valence-corrected chi connectivity index (χ4v) is 3.69. The smallest absolute Gasteiger partial charge is 0.265 e. The second-order valence-electron chi connectivity index (χ2n) is 6.38. The van der Waals surface area contributed by atoms with E-state index < -0.39 is 5.60 Å². The van der Waals surface area contributed by atoms with Gasteiger partial charge in [0.2, 0.25) is 0 Å². The Morgan fingerprint density at radius 2 is 2.12 bits per heavy atom. The zero-order valence-corrected chi connectivity index (χ0v) is 14.9. The van der Waals surface area contributed by atoms with Crippen LogP contribution in [0.5, 0.6) is 5.75 Å². The van der Waals surface area contributed by atoms with Crippen molar-refractivity contribution in [2.75, 3.05) is 19.7 Å². The van der Waals surface area contributed by atoms with E-state index in [4.69, 9.17) is 4.74 Å². The Kier molecular flexibility index (Phi) is 5.34. The minimum absolute atomic E-state index is 0.0243. The van der Waals surface area contributed by atoms with Crippen molar-refractivity contribution < 1.29 is 19.0 Å². The summed E-state index contributed by atoms with van der Waals surface area (Å²) >= 11 is 1.35. The molecular weight excluding hydrogens is 343 g/mol. The molecule has 1 saturated heterocycles. The zero-order valence-electron chi connectivity index (χ0n) is 14.1. The summed E-state index contributed by atoms with van der Waals surface area (Å²) in [6.45, 7) is 3.03. The lowest BCUT2D eigenvalue weighted by Gasteiger charge is -2.27. The van der Waals surface area contributed by atoms with Crippen molar-refractivity contribution in [3.05, 3.63) is 46.2 Å². The van der Waals surface area contributed by atoms with Crippen molar-refractivity contribution in [1.82, 2.24) is 9.88 Å². The average molecular weight is 364 g/mol. The maximum Gasteiger partial charge on any atom is 0.265 e. The Labute approximate surface area is 150 Å². The molecule has 7 heteroatoms. The van der Waals surface area contributed by atoms with Crippen LogP contribution in [-0.4, -0.2) is 46.2 Å². The summed E-state index contributed by atoms with van der Waals surface area (Å²) in [4.78, 5) is 19.2. The molecule has 0 bridgehead atoms. The number of aliphatic hydroxyl groups is 1. The Morgan fingerprint density at radius 3 is 2.80 bits per heavy atom. The molecular formula is C18H21FN2O3S. The number of carbonyl (C=O) groups excluding carboxylic acids is 1. The molecule has 2 heterocycles. The lowest BCUT2D eigenvalue weighted by atomic mass is 9.96. The van der Waals surface area contributed by atoms with Gasteiger partial charge in [0.15, 0.2) is 0 Å². The van der Waals surface area contributed by atoms with Gasteiger partial charge in [-0.25, -0.2) is 9.37 Å². The number of halogens is 1. The van der Waals surface area contributed by atoms with Crippen LogP contribution in [0.2, 0.25) is 0 Å². The maximum atomic E-state index is 12.9. The highest BCUT2D eigenvalue weighted by atomic mass is 32.1. The number of hydrogen-bond donors (Lipinski definition) is 1. The summed E-state index contributed by atoms with van der Waals surface area (Å²) in [6, 6.07) is 5.73. The number of benzene rings is 1. The molecule has 1 aromatic heterocycles. The lowest BCUT2D eigenvalue weighted by molar-refractivity contribution is -0.0163. The summed E-state index contributed by atoms with van der Waals surface area (Å²) in [5.41, 5.74) is 1.42. The summed E-state index contributed by atoms with van der Waals surface area (Å²) < 4.78 is 18.5. The van der Waals surface area contributed by atoms with Crippen LogP contribution in [-0.2, 0) is 0 Å². The maximum absolute atomic E-state index is 12.9. The Bertz CT molecular complexity index is 734. The van der Waals surface area contributed by atoms with E-state index in [0.29, 0.717) is 43.0 Å². The molecule has 0 aliphatic carbocycles. The number of likely N-dealkylation sites (tertiary alicyclic amines) is 1. The van der Waals surface area contributed by atoms with Crippen LogP contribution in [0.1, 0.15) is 34.6 Å². The molecule has 25 heavy (non-hydrogen) atoms. The van der Waals surface area contributed by atoms with Crippen LogP contribution < -0.4 is 4.74 Å². The molecule has 2 aromatic rings. The third kappa shape index (κ3) is 4.35.